The highest BCUT2D eigenvalue weighted by atomic mass is 16.5. The molecule has 0 saturated heterocycles. The summed E-state index contributed by atoms with van der Waals surface area (Å²) in [5, 5.41) is 0. The van der Waals surface area contributed by atoms with Gasteiger partial charge in [-0.1, -0.05) is 19.9 Å². The van der Waals surface area contributed by atoms with E-state index in [-0.39, 0.29) is 6.04 Å². The molecule has 106 valence electrons. The average molecular weight is 270 g/mol. The van der Waals surface area contributed by atoms with Gasteiger partial charge in [0.15, 0.2) is 0 Å². The first-order chi connectivity index (χ1) is 9.47. The number of hydrogen-bond acceptors (Lipinski definition) is 3. The Balaban J connectivity index is 2.22. The van der Waals surface area contributed by atoms with Crippen molar-refractivity contribution in [2.24, 2.45) is 5.73 Å². The van der Waals surface area contributed by atoms with Gasteiger partial charge in [0.1, 0.15) is 5.75 Å². The second-order valence-electron chi connectivity index (χ2n) is 5.49. The molecule has 0 fully saturated rings. The van der Waals surface area contributed by atoms with E-state index in [4.69, 9.17) is 10.5 Å². The molecule has 0 saturated carbocycles. The number of nitrogens with zero attached hydrogens (tertiary/aromatic N) is 1. The highest BCUT2D eigenvalue weighted by Crippen LogP contribution is 2.27. The fraction of sp³-hybridized carbons (Fsp3) is 0.353. The van der Waals surface area contributed by atoms with E-state index in [1.165, 1.54) is 11.1 Å². The second-order valence-corrected chi connectivity index (χ2v) is 5.49. The van der Waals surface area contributed by atoms with Crippen molar-refractivity contribution < 1.29 is 4.74 Å². The van der Waals surface area contributed by atoms with Crippen molar-refractivity contribution in [3.8, 4) is 11.6 Å². The highest BCUT2D eigenvalue weighted by molar-refractivity contribution is 5.38. The van der Waals surface area contributed by atoms with Crippen LogP contribution in [0.15, 0.2) is 36.5 Å². The van der Waals surface area contributed by atoms with Crippen LogP contribution in [-0.4, -0.2) is 4.98 Å². The van der Waals surface area contributed by atoms with Crippen LogP contribution in [-0.2, 0) is 0 Å². The molecule has 0 aliphatic heterocycles. The van der Waals surface area contributed by atoms with Crippen molar-refractivity contribution in [3.63, 3.8) is 0 Å². The van der Waals surface area contributed by atoms with Crippen LogP contribution in [0.3, 0.4) is 0 Å². The molecule has 1 unspecified atom stereocenters. The van der Waals surface area contributed by atoms with Gasteiger partial charge in [0.2, 0.25) is 5.88 Å². The largest absolute Gasteiger partial charge is 0.439 e. The SMILES string of the molecule is Cc1cc(Oc2cc(C(C)N)ccn2)ccc1C(C)C. The normalized spacial score (nSPS) is 12.5. The minimum Gasteiger partial charge on any atom is -0.439 e. The first-order valence-electron chi connectivity index (χ1n) is 6.97. The molecule has 1 aromatic carbocycles. The molecule has 20 heavy (non-hydrogen) atoms. The third-order valence-electron chi connectivity index (χ3n) is 3.37. The van der Waals surface area contributed by atoms with Crippen LogP contribution in [0.4, 0.5) is 0 Å². The number of pyridine rings is 1. The molecule has 0 radical (unpaired) electrons. The molecule has 0 bridgehead atoms. The highest BCUT2D eigenvalue weighted by Gasteiger charge is 2.07. The van der Waals surface area contributed by atoms with E-state index < -0.39 is 0 Å². The molecule has 0 aliphatic rings. The number of hydrogen-bond donors (Lipinski definition) is 1. The Bertz CT molecular complexity index is 591. The predicted molar refractivity (Wildman–Crippen MR) is 82.2 cm³/mol. The zero-order valence-electron chi connectivity index (χ0n) is 12.6. The van der Waals surface area contributed by atoms with Crippen LogP contribution < -0.4 is 10.5 Å². The van der Waals surface area contributed by atoms with Gasteiger partial charge in [-0.2, -0.15) is 0 Å². The first-order valence-corrected chi connectivity index (χ1v) is 6.97. The van der Waals surface area contributed by atoms with Crippen molar-refractivity contribution in [2.45, 2.75) is 39.7 Å². The Morgan fingerprint density at radius 1 is 1.10 bits per heavy atom. The number of benzene rings is 1. The van der Waals surface area contributed by atoms with E-state index in [0.717, 1.165) is 11.3 Å². The van der Waals surface area contributed by atoms with Gasteiger partial charge in [-0.15, -0.1) is 0 Å². The van der Waals surface area contributed by atoms with Crippen LogP contribution in [0.1, 0.15) is 49.4 Å². The third kappa shape index (κ3) is 3.36. The van der Waals surface area contributed by atoms with Gasteiger partial charge in [0.25, 0.3) is 0 Å². The number of rotatable bonds is 4. The lowest BCUT2D eigenvalue weighted by Crippen LogP contribution is -2.05. The molecule has 2 aromatic rings. The summed E-state index contributed by atoms with van der Waals surface area (Å²) in [6, 6.07) is 9.93. The van der Waals surface area contributed by atoms with Crippen LogP contribution in [0.2, 0.25) is 0 Å². The van der Waals surface area contributed by atoms with E-state index in [0.29, 0.717) is 11.8 Å². The predicted octanol–water partition coefficient (Wildman–Crippen LogP) is 4.33. The molecule has 0 aliphatic carbocycles. The van der Waals surface area contributed by atoms with Gasteiger partial charge in [-0.25, -0.2) is 4.98 Å². The Hall–Kier alpha value is -1.87. The topological polar surface area (TPSA) is 48.1 Å². The van der Waals surface area contributed by atoms with Crippen LogP contribution >= 0.6 is 0 Å². The lowest BCUT2D eigenvalue weighted by Gasteiger charge is -2.12. The zero-order valence-corrected chi connectivity index (χ0v) is 12.6. The van der Waals surface area contributed by atoms with Crippen LogP contribution in [0.25, 0.3) is 0 Å². The second kappa shape index (κ2) is 6.06. The molecular formula is C17H22N2O. The van der Waals surface area contributed by atoms with Crippen molar-refractivity contribution in [1.29, 1.82) is 0 Å². The van der Waals surface area contributed by atoms with E-state index in [2.05, 4.69) is 37.9 Å². The van der Waals surface area contributed by atoms with Crippen molar-refractivity contribution >= 4 is 0 Å². The Morgan fingerprint density at radius 3 is 2.45 bits per heavy atom. The maximum absolute atomic E-state index is 5.87. The molecule has 1 heterocycles. The number of ether oxygens (including phenoxy) is 1. The summed E-state index contributed by atoms with van der Waals surface area (Å²) in [7, 11) is 0. The monoisotopic (exact) mass is 270 g/mol. The van der Waals surface area contributed by atoms with E-state index in [1.54, 1.807) is 6.20 Å². The number of aryl methyl sites for hydroxylation is 1. The summed E-state index contributed by atoms with van der Waals surface area (Å²) in [5.74, 6) is 1.90. The Morgan fingerprint density at radius 2 is 1.85 bits per heavy atom. The first kappa shape index (κ1) is 14.5. The summed E-state index contributed by atoms with van der Waals surface area (Å²) in [5.41, 5.74) is 9.47. The molecule has 3 nitrogen and oxygen atoms in total. The van der Waals surface area contributed by atoms with Gasteiger partial charge in [-0.05, 0) is 54.7 Å². The maximum atomic E-state index is 5.87. The molecule has 3 heteroatoms. The summed E-state index contributed by atoms with van der Waals surface area (Å²) in [6.45, 7) is 8.43. The third-order valence-corrected chi connectivity index (χ3v) is 3.37. The molecule has 1 aromatic heterocycles. The summed E-state index contributed by atoms with van der Waals surface area (Å²) >= 11 is 0. The zero-order chi connectivity index (χ0) is 14.7. The molecule has 0 spiro atoms. The molecule has 2 rings (SSSR count). The summed E-state index contributed by atoms with van der Waals surface area (Å²) < 4.78 is 5.82. The average Bonchev–Trinajstić information content (AvgIpc) is 2.38. The van der Waals surface area contributed by atoms with E-state index >= 15 is 0 Å². The molecule has 0 amide bonds. The van der Waals surface area contributed by atoms with E-state index in [9.17, 15) is 0 Å². The lowest BCUT2D eigenvalue weighted by atomic mass is 9.98. The quantitative estimate of drug-likeness (QED) is 0.899. The Labute approximate surface area is 120 Å². The summed E-state index contributed by atoms with van der Waals surface area (Å²) in [4.78, 5) is 4.23. The standard InChI is InChI=1S/C17H22N2O/c1-11(2)16-6-5-15(9-12(16)3)20-17-10-14(13(4)18)7-8-19-17/h5-11,13H,18H2,1-4H3. The van der Waals surface area contributed by atoms with Gasteiger partial charge in [0, 0.05) is 18.3 Å². The van der Waals surface area contributed by atoms with Gasteiger partial charge in [0.05, 0.1) is 0 Å². The lowest BCUT2D eigenvalue weighted by molar-refractivity contribution is 0.461. The van der Waals surface area contributed by atoms with Gasteiger partial charge < -0.3 is 10.5 Å². The smallest absolute Gasteiger partial charge is 0.219 e. The molecular weight excluding hydrogens is 248 g/mol. The van der Waals surface area contributed by atoms with Crippen LogP contribution in [0, 0.1) is 6.92 Å². The number of aromatic nitrogens is 1. The van der Waals surface area contributed by atoms with Crippen molar-refractivity contribution in [2.75, 3.05) is 0 Å². The fourth-order valence-corrected chi connectivity index (χ4v) is 2.24. The van der Waals surface area contributed by atoms with Crippen molar-refractivity contribution in [3.05, 3.63) is 53.2 Å². The summed E-state index contributed by atoms with van der Waals surface area (Å²) in [6.07, 6.45) is 1.73. The number of nitrogens with two attached hydrogens (primary N) is 1. The fourth-order valence-electron chi connectivity index (χ4n) is 2.24. The minimum absolute atomic E-state index is 0.0228. The van der Waals surface area contributed by atoms with Gasteiger partial charge >= 0.3 is 0 Å². The van der Waals surface area contributed by atoms with E-state index in [1.807, 2.05) is 25.1 Å². The molecule has 1 atom stereocenters. The van der Waals surface area contributed by atoms with Gasteiger partial charge in [-0.3, -0.25) is 0 Å². The molecule has 2 N–H and O–H groups in total. The maximum Gasteiger partial charge on any atom is 0.219 e. The Kier molecular flexibility index (Phi) is 4.40. The minimum atomic E-state index is -0.0228. The van der Waals surface area contributed by atoms with Crippen molar-refractivity contribution in [1.82, 2.24) is 4.98 Å². The van der Waals surface area contributed by atoms with Crippen LogP contribution in [0.5, 0.6) is 11.6 Å².